The first-order chi connectivity index (χ1) is 13.5. The van der Waals surface area contributed by atoms with Crippen LogP contribution in [-0.4, -0.2) is 30.0 Å². The van der Waals surface area contributed by atoms with E-state index in [1.165, 1.54) is 17.4 Å². The Kier molecular flexibility index (Phi) is 5.32. The van der Waals surface area contributed by atoms with Crippen molar-refractivity contribution in [3.8, 4) is 0 Å². The molecule has 1 aromatic carbocycles. The molecule has 0 spiro atoms. The van der Waals surface area contributed by atoms with Crippen molar-refractivity contribution in [2.45, 2.75) is 19.3 Å². The highest BCUT2D eigenvalue weighted by atomic mass is 79.9. The van der Waals surface area contributed by atoms with Crippen LogP contribution in [0.25, 0.3) is 6.08 Å². The van der Waals surface area contributed by atoms with Crippen molar-refractivity contribution in [1.82, 2.24) is 5.32 Å². The molecule has 0 atom stereocenters. The number of carbonyl (C=O) groups is 2. The fraction of sp³-hybridized carbons (Fsp3) is 0.250. The molecule has 6 nitrogen and oxygen atoms in total. The molecule has 28 heavy (non-hydrogen) atoms. The van der Waals surface area contributed by atoms with E-state index >= 15 is 0 Å². The molecule has 2 fully saturated rings. The zero-order chi connectivity index (χ0) is 19.7. The first kappa shape index (κ1) is 18.9. The molecule has 4 rings (SSSR count). The van der Waals surface area contributed by atoms with Gasteiger partial charge in [0, 0.05) is 23.6 Å². The Morgan fingerprint density at radius 3 is 2.64 bits per heavy atom. The van der Waals surface area contributed by atoms with Crippen LogP contribution in [0.1, 0.15) is 25.0 Å². The number of anilines is 2. The number of nitrogens with zero attached hydrogens (tertiary/aromatic N) is 2. The minimum absolute atomic E-state index is 0.0203. The second-order valence-electron chi connectivity index (χ2n) is 6.66. The highest BCUT2D eigenvalue weighted by molar-refractivity contribution is 9.10. The summed E-state index contributed by atoms with van der Waals surface area (Å²) in [6, 6.07) is 10.8. The van der Waals surface area contributed by atoms with Crippen LogP contribution in [0, 0.1) is 0 Å². The van der Waals surface area contributed by atoms with Crippen molar-refractivity contribution in [2.24, 2.45) is 0 Å². The maximum absolute atomic E-state index is 13.0. The van der Waals surface area contributed by atoms with Crippen LogP contribution < -0.4 is 15.1 Å². The van der Waals surface area contributed by atoms with E-state index in [1.807, 2.05) is 12.1 Å². The number of hydrogen-bond acceptors (Lipinski definition) is 5. The molecule has 2 saturated heterocycles. The van der Waals surface area contributed by atoms with Crippen LogP contribution in [0.3, 0.4) is 0 Å². The highest BCUT2D eigenvalue weighted by Crippen LogP contribution is 2.27. The van der Waals surface area contributed by atoms with E-state index in [-0.39, 0.29) is 10.7 Å². The molecular formula is C20H18BrN3O3S. The molecule has 0 unspecified atom stereocenters. The standard InChI is InChI=1S/C20H18BrN3O3S/c21-13-5-4-6-14(11-13)24-19(26)16(18(25)22-20(24)28)12-15-7-8-17(27-15)23-9-2-1-3-10-23/h4-8,11-12H,1-3,9-10H2,(H,22,25,28)/b16-12+. The lowest BCUT2D eigenvalue weighted by Gasteiger charge is -2.28. The van der Waals surface area contributed by atoms with Gasteiger partial charge in [0.05, 0.1) is 5.69 Å². The fourth-order valence-electron chi connectivity index (χ4n) is 3.35. The summed E-state index contributed by atoms with van der Waals surface area (Å²) in [6.45, 7) is 1.90. The quantitative estimate of drug-likeness (QED) is 0.428. The molecule has 2 amide bonds. The number of rotatable bonds is 3. The summed E-state index contributed by atoms with van der Waals surface area (Å²) < 4.78 is 6.67. The van der Waals surface area contributed by atoms with Crippen LogP contribution >= 0.6 is 28.1 Å². The number of furan rings is 1. The smallest absolute Gasteiger partial charge is 0.270 e. The van der Waals surface area contributed by atoms with E-state index in [4.69, 9.17) is 16.6 Å². The summed E-state index contributed by atoms with van der Waals surface area (Å²) in [5, 5.41) is 2.63. The number of benzene rings is 1. The number of amides is 2. The summed E-state index contributed by atoms with van der Waals surface area (Å²) >= 11 is 8.60. The Balaban J connectivity index is 1.63. The largest absolute Gasteiger partial charge is 0.441 e. The number of nitrogens with one attached hydrogen (secondary N) is 1. The van der Waals surface area contributed by atoms with Gasteiger partial charge < -0.3 is 9.32 Å². The average molecular weight is 460 g/mol. The molecule has 0 radical (unpaired) electrons. The Labute approximate surface area is 176 Å². The van der Waals surface area contributed by atoms with Crippen molar-refractivity contribution < 1.29 is 14.0 Å². The van der Waals surface area contributed by atoms with Crippen molar-refractivity contribution >= 4 is 62.7 Å². The van der Waals surface area contributed by atoms with Crippen molar-refractivity contribution in [3.63, 3.8) is 0 Å². The van der Waals surface area contributed by atoms with Gasteiger partial charge in [-0.05, 0) is 61.8 Å². The summed E-state index contributed by atoms with van der Waals surface area (Å²) in [7, 11) is 0. The summed E-state index contributed by atoms with van der Waals surface area (Å²) in [4.78, 5) is 28.9. The molecule has 0 aliphatic carbocycles. The van der Waals surface area contributed by atoms with Gasteiger partial charge in [0.2, 0.25) is 0 Å². The van der Waals surface area contributed by atoms with Crippen molar-refractivity contribution in [1.29, 1.82) is 0 Å². The highest BCUT2D eigenvalue weighted by Gasteiger charge is 2.34. The van der Waals surface area contributed by atoms with Gasteiger partial charge in [0.25, 0.3) is 11.8 Å². The molecule has 144 valence electrons. The molecule has 2 aliphatic heterocycles. The molecule has 2 aliphatic rings. The Hall–Kier alpha value is -2.45. The zero-order valence-electron chi connectivity index (χ0n) is 15.0. The van der Waals surface area contributed by atoms with E-state index in [0.29, 0.717) is 11.4 Å². The predicted molar refractivity (Wildman–Crippen MR) is 115 cm³/mol. The van der Waals surface area contributed by atoms with Gasteiger partial charge in [-0.25, -0.2) is 0 Å². The minimum atomic E-state index is -0.530. The number of hydrogen-bond donors (Lipinski definition) is 1. The number of carbonyl (C=O) groups excluding carboxylic acids is 2. The van der Waals surface area contributed by atoms with Crippen molar-refractivity contribution in [2.75, 3.05) is 22.9 Å². The molecule has 2 aromatic rings. The van der Waals surface area contributed by atoms with Gasteiger partial charge in [0.15, 0.2) is 11.0 Å². The van der Waals surface area contributed by atoms with Crippen LogP contribution in [0.4, 0.5) is 11.6 Å². The van der Waals surface area contributed by atoms with Gasteiger partial charge in [-0.15, -0.1) is 0 Å². The molecule has 8 heteroatoms. The predicted octanol–water partition coefficient (Wildman–Crippen LogP) is 3.86. The SMILES string of the molecule is O=C1NC(=S)N(c2cccc(Br)c2)C(=O)/C1=C/c1ccc(N2CCCCC2)o1. The third-order valence-electron chi connectivity index (χ3n) is 4.74. The molecule has 0 saturated carbocycles. The Bertz CT molecular complexity index is 979. The van der Waals surface area contributed by atoms with E-state index in [0.717, 1.165) is 36.3 Å². The van der Waals surface area contributed by atoms with Crippen LogP contribution in [0.2, 0.25) is 0 Å². The lowest BCUT2D eigenvalue weighted by Crippen LogP contribution is -2.54. The Morgan fingerprint density at radius 2 is 1.89 bits per heavy atom. The molecule has 1 aromatic heterocycles. The lowest BCUT2D eigenvalue weighted by atomic mass is 10.1. The molecule has 1 N–H and O–H groups in total. The van der Waals surface area contributed by atoms with Crippen molar-refractivity contribution in [3.05, 3.63) is 52.2 Å². The maximum atomic E-state index is 13.0. The van der Waals surface area contributed by atoms with Crippen LogP contribution in [0.5, 0.6) is 0 Å². The zero-order valence-corrected chi connectivity index (χ0v) is 17.4. The van der Waals surface area contributed by atoms with E-state index in [1.54, 1.807) is 24.3 Å². The number of halogens is 1. The minimum Gasteiger partial charge on any atom is -0.441 e. The normalized spacial score (nSPS) is 19.3. The first-order valence-electron chi connectivity index (χ1n) is 9.05. The van der Waals surface area contributed by atoms with E-state index in [9.17, 15) is 9.59 Å². The first-order valence-corrected chi connectivity index (χ1v) is 10.2. The lowest BCUT2D eigenvalue weighted by molar-refractivity contribution is -0.122. The Morgan fingerprint density at radius 1 is 1.11 bits per heavy atom. The van der Waals surface area contributed by atoms with Crippen LogP contribution in [0.15, 0.2) is 50.9 Å². The maximum Gasteiger partial charge on any atom is 0.270 e. The van der Waals surface area contributed by atoms with Gasteiger partial charge in [-0.3, -0.25) is 19.8 Å². The monoisotopic (exact) mass is 459 g/mol. The van der Waals surface area contributed by atoms with Gasteiger partial charge in [-0.1, -0.05) is 22.0 Å². The fourth-order valence-corrected chi connectivity index (χ4v) is 4.02. The molecule has 0 bridgehead atoms. The third kappa shape index (κ3) is 3.74. The topological polar surface area (TPSA) is 65.8 Å². The van der Waals surface area contributed by atoms with Gasteiger partial charge >= 0.3 is 0 Å². The number of piperidine rings is 1. The van der Waals surface area contributed by atoms with E-state index in [2.05, 4.69) is 26.1 Å². The van der Waals surface area contributed by atoms with Gasteiger partial charge in [-0.2, -0.15) is 0 Å². The number of thiocarbonyl (C=S) groups is 1. The second-order valence-corrected chi connectivity index (χ2v) is 7.96. The third-order valence-corrected chi connectivity index (χ3v) is 5.51. The molecule has 3 heterocycles. The van der Waals surface area contributed by atoms with Crippen LogP contribution in [-0.2, 0) is 9.59 Å². The summed E-state index contributed by atoms with van der Waals surface area (Å²) in [5.41, 5.74) is 0.553. The molecular weight excluding hydrogens is 442 g/mol. The average Bonchev–Trinajstić information content (AvgIpc) is 3.14. The van der Waals surface area contributed by atoms with E-state index < -0.39 is 11.8 Å². The summed E-state index contributed by atoms with van der Waals surface area (Å²) in [6.07, 6.45) is 4.97. The summed E-state index contributed by atoms with van der Waals surface area (Å²) in [5.74, 6) is 0.204. The van der Waals surface area contributed by atoms with Gasteiger partial charge in [0.1, 0.15) is 11.3 Å². The second kappa shape index (κ2) is 7.89.